The summed E-state index contributed by atoms with van der Waals surface area (Å²) in [4.78, 5) is 17.9. The van der Waals surface area contributed by atoms with Gasteiger partial charge in [0.05, 0.1) is 12.2 Å². The molecule has 1 aliphatic heterocycles. The van der Waals surface area contributed by atoms with Crippen molar-refractivity contribution in [1.29, 1.82) is 0 Å². The van der Waals surface area contributed by atoms with Crippen molar-refractivity contribution in [1.82, 2.24) is 9.88 Å². The normalized spacial score (nSPS) is 30.7. The zero-order chi connectivity index (χ0) is 13.6. The van der Waals surface area contributed by atoms with Crippen molar-refractivity contribution in [3.8, 4) is 0 Å². The Morgan fingerprint density at radius 3 is 2.89 bits per heavy atom. The van der Waals surface area contributed by atoms with Crippen molar-refractivity contribution < 1.29 is 14.3 Å². The molecule has 5 nitrogen and oxygen atoms in total. The number of carboxylic acid groups (broad SMARTS) is 1. The van der Waals surface area contributed by atoms with Crippen molar-refractivity contribution in [3.63, 3.8) is 0 Å². The number of hydrogen-bond donors (Lipinski definition) is 1. The van der Waals surface area contributed by atoms with Crippen molar-refractivity contribution in [2.75, 3.05) is 6.54 Å². The number of fused-ring (bicyclic) bond motifs is 1. The summed E-state index contributed by atoms with van der Waals surface area (Å²) in [6.07, 6.45) is 3.38. The van der Waals surface area contributed by atoms with Crippen molar-refractivity contribution in [2.24, 2.45) is 11.8 Å². The molecule has 19 heavy (non-hydrogen) atoms. The van der Waals surface area contributed by atoms with Crippen LogP contribution in [0.1, 0.15) is 36.6 Å². The molecule has 1 aromatic heterocycles. The fourth-order valence-electron chi connectivity index (χ4n) is 3.68. The number of likely N-dealkylation sites (tertiary alicyclic amines) is 1. The van der Waals surface area contributed by atoms with Crippen molar-refractivity contribution >= 4 is 5.97 Å². The van der Waals surface area contributed by atoms with Gasteiger partial charge in [0.1, 0.15) is 11.8 Å². The fraction of sp³-hybridized carbons (Fsp3) is 0.714. The highest BCUT2D eigenvalue weighted by molar-refractivity contribution is 5.74. The first kappa shape index (κ1) is 12.7. The molecule has 1 aromatic rings. The fourth-order valence-corrected chi connectivity index (χ4v) is 3.68. The molecule has 1 N–H and O–H groups in total. The van der Waals surface area contributed by atoms with Gasteiger partial charge in [-0.3, -0.25) is 9.69 Å². The van der Waals surface area contributed by atoms with Gasteiger partial charge < -0.3 is 9.52 Å². The zero-order valence-corrected chi connectivity index (χ0v) is 11.4. The van der Waals surface area contributed by atoms with Crippen LogP contribution in [0.2, 0.25) is 0 Å². The summed E-state index contributed by atoms with van der Waals surface area (Å²) >= 11 is 0. The van der Waals surface area contributed by atoms with E-state index in [1.165, 1.54) is 6.42 Å². The molecule has 2 fully saturated rings. The average molecular weight is 264 g/mol. The molecule has 2 heterocycles. The molecule has 0 bridgehead atoms. The highest BCUT2D eigenvalue weighted by atomic mass is 16.4. The molecule has 1 aliphatic carbocycles. The predicted molar refractivity (Wildman–Crippen MR) is 68.6 cm³/mol. The Morgan fingerprint density at radius 1 is 1.47 bits per heavy atom. The van der Waals surface area contributed by atoms with Gasteiger partial charge in [0.15, 0.2) is 0 Å². The van der Waals surface area contributed by atoms with Crippen LogP contribution in [0, 0.1) is 25.7 Å². The quantitative estimate of drug-likeness (QED) is 0.904. The van der Waals surface area contributed by atoms with Gasteiger partial charge in [-0.15, -0.1) is 0 Å². The van der Waals surface area contributed by atoms with Crippen molar-refractivity contribution in [3.05, 3.63) is 17.3 Å². The van der Waals surface area contributed by atoms with Gasteiger partial charge in [0.25, 0.3) is 0 Å². The molecule has 1 saturated carbocycles. The van der Waals surface area contributed by atoms with Gasteiger partial charge >= 0.3 is 5.97 Å². The van der Waals surface area contributed by atoms with Crippen LogP contribution < -0.4 is 0 Å². The molecular weight excluding hydrogens is 244 g/mol. The summed E-state index contributed by atoms with van der Waals surface area (Å²) in [5.74, 6) is 1.62. The van der Waals surface area contributed by atoms with Gasteiger partial charge in [-0.25, -0.2) is 4.98 Å². The Kier molecular flexibility index (Phi) is 3.09. The second-order valence-electron chi connectivity index (χ2n) is 5.82. The molecule has 2 aliphatic rings. The second kappa shape index (κ2) is 4.63. The topological polar surface area (TPSA) is 66.6 Å². The molecule has 3 rings (SSSR count). The third-order valence-corrected chi connectivity index (χ3v) is 4.65. The highest BCUT2D eigenvalue weighted by Gasteiger charge is 2.47. The standard InChI is InChI=1S/C14H20N2O3/c1-8-9(2)19-12(15-8)7-16-6-10-4-3-5-11(10)13(16)14(17)18/h10-11,13H,3-7H2,1-2H3,(H,17,18). The Hall–Kier alpha value is -1.36. The van der Waals surface area contributed by atoms with Gasteiger partial charge in [-0.1, -0.05) is 6.42 Å². The molecule has 0 spiro atoms. The second-order valence-corrected chi connectivity index (χ2v) is 5.82. The van der Waals surface area contributed by atoms with Crippen LogP contribution in [0.15, 0.2) is 4.42 Å². The molecule has 0 radical (unpaired) electrons. The molecule has 0 amide bonds. The van der Waals surface area contributed by atoms with Crippen LogP contribution >= 0.6 is 0 Å². The molecular formula is C14H20N2O3. The number of oxazole rings is 1. The Bertz CT molecular complexity index is 477. The third-order valence-electron chi connectivity index (χ3n) is 4.65. The number of aryl methyl sites for hydroxylation is 2. The molecule has 3 atom stereocenters. The van der Waals surface area contributed by atoms with E-state index < -0.39 is 5.97 Å². The monoisotopic (exact) mass is 264 g/mol. The van der Waals surface area contributed by atoms with Crippen LogP contribution in [-0.2, 0) is 11.3 Å². The van der Waals surface area contributed by atoms with Crippen LogP contribution in [0.5, 0.6) is 0 Å². The molecule has 1 saturated heterocycles. The summed E-state index contributed by atoms with van der Waals surface area (Å²) in [7, 11) is 0. The largest absolute Gasteiger partial charge is 0.480 e. The van der Waals surface area contributed by atoms with Crippen LogP contribution in [0.4, 0.5) is 0 Å². The number of carboxylic acids is 1. The predicted octanol–water partition coefficient (Wildman–Crippen LogP) is 1.98. The SMILES string of the molecule is Cc1nc(CN2CC3CCCC3C2C(=O)O)oc1C. The first-order valence-electron chi connectivity index (χ1n) is 6.96. The summed E-state index contributed by atoms with van der Waals surface area (Å²) in [5, 5.41) is 9.48. The lowest BCUT2D eigenvalue weighted by atomic mass is 9.94. The maximum atomic E-state index is 11.5. The number of hydrogen-bond acceptors (Lipinski definition) is 4. The van der Waals surface area contributed by atoms with Crippen LogP contribution in [-0.4, -0.2) is 33.5 Å². The summed E-state index contributed by atoms with van der Waals surface area (Å²) in [5.41, 5.74) is 0.890. The van der Waals surface area contributed by atoms with Gasteiger partial charge in [-0.05, 0) is 38.5 Å². The van der Waals surface area contributed by atoms with E-state index in [-0.39, 0.29) is 6.04 Å². The summed E-state index contributed by atoms with van der Waals surface area (Å²) in [6, 6.07) is -0.361. The number of carbonyl (C=O) groups is 1. The lowest BCUT2D eigenvalue weighted by Crippen LogP contribution is -2.39. The lowest BCUT2D eigenvalue weighted by Gasteiger charge is -2.22. The Balaban J connectivity index is 1.78. The zero-order valence-electron chi connectivity index (χ0n) is 11.4. The maximum Gasteiger partial charge on any atom is 0.321 e. The Labute approximate surface area is 112 Å². The minimum atomic E-state index is -0.700. The van der Waals surface area contributed by atoms with E-state index in [1.54, 1.807) is 0 Å². The van der Waals surface area contributed by atoms with Crippen LogP contribution in [0.25, 0.3) is 0 Å². The smallest absolute Gasteiger partial charge is 0.321 e. The third kappa shape index (κ3) is 2.16. The Morgan fingerprint density at radius 2 is 2.26 bits per heavy atom. The van der Waals surface area contributed by atoms with E-state index in [4.69, 9.17) is 4.42 Å². The minimum absolute atomic E-state index is 0.314. The number of nitrogens with zero attached hydrogens (tertiary/aromatic N) is 2. The van der Waals surface area contributed by atoms with Gasteiger partial charge in [0.2, 0.25) is 5.89 Å². The van der Waals surface area contributed by atoms with Gasteiger partial charge in [0, 0.05) is 6.54 Å². The van der Waals surface area contributed by atoms with Gasteiger partial charge in [-0.2, -0.15) is 0 Å². The minimum Gasteiger partial charge on any atom is -0.480 e. The van der Waals surface area contributed by atoms with E-state index in [0.717, 1.165) is 30.8 Å². The van der Waals surface area contributed by atoms with Crippen molar-refractivity contribution in [2.45, 2.75) is 45.7 Å². The number of rotatable bonds is 3. The van der Waals surface area contributed by atoms with Crippen LogP contribution in [0.3, 0.4) is 0 Å². The molecule has 0 aromatic carbocycles. The maximum absolute atomic E-state index is 11.5. The van der Waals surface area contributed by atoms with E-state index in [9.17, 15) is 9.90 Å². The first-order chi connectivity index (χ1) is 9.06. The molecule has 104 valence electrons. The average Bonchev–Trinajstić information content (AvgIpc) is 2.94. The van der Waals surface area contributed by atoms with E-state index in [1.807, 2.05) is 18.7 Å². The van der Waals surface area contributed by atoms with E-state index in [2.05, 4.69) is 4.98 Å². The van der Waals surface area contributed by atoms with E-state index >= 15 is 0 Å². The molecule has 5 heteroatoms. The summed E-state index contributed by atoms with van der Waals surface area (Å²) in [6.45, 7) is 5.18. The lowest BCUT2D eigenvalue weighted by molar-refractivity contribution is -0.143. The highest BCUT2D eigenvalue weighted by Crippen LogP contribution is 2.42. The molecule has 3 unspecified atom stereocenters. The van der Waals surface area contributed by atoms with E-state index in [0.29, 0.717) is 24.3 Å². The summed E-state index contributed by atoms with van der Waals surface area (Å²) < 4.78 is 5.58. The number of aliphatic carboxylic acids is 1. The first-order valence-corrected chi connectivity index (χ1v) is 6.96. The number of aromatic nitrogens is 1.